The monoisotopic (exact) mass is 284 g/mol. The molecule has 0 aliphatic heterocycles. The van der Waals surface area contributed by atoms with Gasteiger partial charge < -0.3 is 4.74 Å². The lowest BCUT2D eigenvalue weighted by Crippen LogP contribution is -2.22. The summed E-state index contributed by atoms with van der Waals surface area (Å²) in [5.41, 5.74) is 2.73. The molecule has 0 radical (unpaired) electrons. The maximum Gasteiger partial charge on any atom is 0.330 e. The number of carbonyl (C=O) groups excluding carboxylic acids is 2. The van der Waals surface area contributed by atoms with Crippen LogP contribution in [0.25, 0.3) is 0 Å². The minimum Gasteiger partial charge on any atom is -0.466 e. The Morgan fingerprint density at radius 2 is 2.05 bits per heavy atom. The van der Waals surface area contributed by atoms with Crippen molar-refractivity contribution in [3.8, 4) is 0 Å². The van der Waals surface area contributed by atoms with Gasteiger partial charge in [0.2, 0.25) is 0 Å². The maximum atomic E-state index is 12.1. The molecule has 1 aromatic carbocycles. The standard InChI is InChI=1S/C18H20O3/c1-12(10-18(20)21-3)8-9-14-13(2)11-17(19)16-7-5-4-6-15(14)16/h4-10,13-14H,11H2,1-3H3/b9-8+,12-10-. The fourth-order valence-corrected chi connectivity index (χ4v) is 2.72. The third-order valence-corrected chi connectivity index (χ3v) is 3.85. The number of fused-ring (bicyclic) bond motifs is 1. The minimum absolute atomic E-state index is 0.194. The van der Waals surface area contributed by atoms with Gasteiger partial charge in [-0.2, -0.15) is 0 Å². The molecule has 2 rings (SSSR count). The smallest absolute Gasteiger partial charge is 0.330 e. The van der Waals surface area contributed by atoms with E-state index in [2.05, 4.69) is 17.7 Å². The van der Waals surface area contributed by atoms with Crippen molar-refractivity contribution < 1.29 is 14.3 Å². The molecule has 0 N–H and O–H groups in total. The van der Waals surface area contributed by atoms with Crippen molar-refractivity contribution in [1.29, 1.82) is 0 Å². The van der Waals surface area contributed by atoms with E-state index >= 15 is 0 Å². The van der Waals surface area contributed by atoms with Crippen molar-refractivity contribution in [1.82, 2.24) is 0 Å². The van der Waals surface area contributed by atoms with Crippen LogP contribution in [0.15, 0.2) is 48.1 Å². The third kappa shape index (κ3) is 3.48. The van der Waals surface area contributed by atoms with Gasteiger partial charge in [0.15, 0.2) is 5.78 Å². The maximum absolute atomic E-state index is 12.1. The molecule has 2 unspecified atom stereocenters. The number of ether oxygens (including phenoxy) is 1. The van der Waals surface area contributed by atoms with Crippen LogP contribution in [0.4, 0.5) is 0 Å². The Morgan fingerprint density at radius 1 is 1.33 bits per heavy atom. The highest BCUT2D eigenvalue weighted by atomic mass is 16.5. The van der Waals surface area contributed by atoms with Crippen molar-refractivity contribution in [2.45, 2.75) is 26.2 Å². The lowest BCUT2D eigenvalue weighted by molar-refractivity contribution is -0.134. The normalized spacial score (nSPS) is 22.2. The zero-order chi connectivity index (χ0) is 15.4. The summed E-state index contributed by atoms with van der Waals surface area (Å²) in [6.07, 6.45) is 6.02. The summed E-state index contributed by atoms with van der Waals surface area (Å²) in [7, 11) is 1.36. The van der Waals surface area contributed by atoms with Gasteiger partial charge >= 0.3 is 5.97 Å². The number of hydrogen-bond donors (Lipinski definition) is 0. The number of methoxy groups -OCH3 is 1. The largest absolute Gasteiger partial charge is 0.466 e. The summed E-state index contributed by atoms with van der Waals surface area (Å²) in [5, 5.41) is 0. The highest BCUT2D eigenvalue weighted by Gasteiger charge is 2.29. The molecule has 0 aromatic heterocycles. The number of rotatable bonds is 3. The van der Waals surface area contributed by atoms with Crippen molar-refractivity contribution in [2.75, 3.05) is 7.11 Å². The van der Waals surface area contributed by atoms with Gasteiger partial charge in [-0.15, -0.1) is 0 Å². The molecule has 0 heterocycles. The first-order valence-electron chi connectivity index (χ1n) is 7.09. The summed E-state index contributed by atoms with van der Waals surface area (Å²) in [4.78, 5) is 23.3. The molecular formula is C18H20O3. The first kappa shape index (κ1) is 15.2. The molecule has 1 aliphatic carbocycles. The summed E-state index contributed by atoms with van der Waals surface area (Å²) in [6, 6.07) is 7.76. The van der Waals surface area contributed by atoms with E-state index in [0.29, 0.717) is 6.42 Å². The Bertz CT molecular complexity index is 611. The fraction of sp³-hybridized carbons (Fsp3) is 0.333. The number of Topliss-reactive ketones (excluding diaryl/α,β-unsaturated/α-hetero) is 1. The zero-order valence-electron chi connectivity index (χ0n) is 12.6. The topological polar surface area (TPSA) is 43.4 Å². The first-order chi connectivity index (χ1) is 10.0. The predicted molar refractivity (Wildman–Crippen MR) is 82.2 cm³/mol. The molecule has 1 aromatic rings. The number of hydrogen-bond acceptors (Lipinski definition) is 3. The van der Waals surface area contributed by atoms with Crippen LogP contribution < -0.4 is 0 Å². The van der Waals surface area contributed by atoms with E-state index in [1.165, 1.54) is 13.2 Å². The third-order valence-electron chi connectivity index (χ3n) is 3.85. The number of esters is 1. The predicted octanol–water partition coefficient (Wildman–Crippen LogP) is 3.67. The van der Waals surface area contributed by atoms with Gasteiger partial charge in [0.05, 0.1) is 7.11 Å². The molecule has 0 amide bonds. The van der Waals surface area contributed by atoms with Crippen LogP contribution >= 0.6 is 0 Å². The molecule has 2 atom stereocenters. The molecule has 3 nitrogen and oxygen atoms in total. The molecule has 110 valence electrons. The highest BCUT2D eigenvalue weighted by Crippen LogP contribution is 2.37. The van der Waals surface area contributed by atoms with Crippen LogP contribution in [-0.4, -0.2) is 18.9 Å². The Labute approximate surface area is 125 Å². The van der Waals surface area contributed by atoms with Gasteiger partial charge in [-0.3, -0.25) is 4.79 Å². The fourth-order valence-electron chi connectivity index (χ4n) is 2.72. The SMILES string of the molecule is COC(=O)/C=C(C)\C=C\C1c2ccccc2C(=O)CC1C. The van der Waals surface area contributed by atoms with E-state index in [0.717, 1.165) is 16.7 Å². The lowest BCUT2D eigenvalue weighted by Gasteiger charge is -2.28. The van der Waals surface area contributed by atoms with Gasteiger partial charge in [0.25, 0.3) is 0 Å². The van der Waals surface area contributed by atoms with E-state index < -0.39 is 0 Å². The summed E-state index contributed by atoms with van der Waals surface area (Å²) in [6.45, 7) is 3.94. The highest BCUT2D eigenvalue weighted by molar-refractivity contribution is 5.99. The summed E-state index contributed by atoms with van der Waals surface area (Å²) < 4.78 is 4.61. The summed E-state index contributed by atoms with van der Waals surface area (Å²) in [5.74, 6) is 0.309. The van der Waals surface area contributed by atoms with Crippen LogP contribution in [0.3, 0.4) is 0 Å². The number of benzene rings is 1. The molecule has 1 aliphatic rings. The van der Waals surface area contributed by atoms with Crippen LogP contribution in [0.2, 0.25) is 0 Å². The molecule has 21 heavy (non-hydrogen) atoms. The van der Waals surface area contributed by atoms with E-state index in [-0.39, 0.29) is 23.6 Å². The second-order valence-corrected chi connectivity index (χ2v) is 5.49. The van der Waals surface area contributed by atoms with E-state index in [4.69, 9.17) is 0 Å². The van der Waals surface area contributed by atoms with Gasteiger partial charge in [0, 0.05) is 24.0 Å². The average Bonchev–Trinajstić information content (AvgIpc) is 2.46. The average molecular weight is 284 g/mol. The lowest BCUT2D eigenvalue weighted by atomic mass is 9.75. The first-order valence-corrected chi connectivity index (χ1v) is 7.09. The Morgan fingerprint density at radius 3 is 2.76 bits per heavy atom. The quantitative estimate of drug-likeness (QED) is 0.483. The second kappa shape index (κ2) is 6.53. The summed E-state index contributed by atoms with van der Waals surface area (Å²) >= 11 is 0. The van der Waals surface area contributed by atoms with Crippen LogP contribution in [-0.2, 0) is 9.53 Å². The van der Waals surface area contributed by atoms with Crippen LogP contribution in [0.5, 0.6) is 0 Å². The molecule has 0 saturated carbocycles. The molecule has 0 bridgehead atoms. The van der Waals surface area contributed by atoms with Crippen molar-refractivity contribution in [3.63, 3.8) is 0 Å². The van der Waals surface area contributed by atoms with Gasteiger partial charge in [0.1, 0.15) is 0 Å². The van der Waals surface area contributed by atoms with Crippen molar-refractivity contribution >= 4 is 11.8 Å². The van der Waals surface area contributed by atoms with Gasteiger partial charge in [-0.25, -0.2) is 4.79 Å². The van der Waals surface area contributed by atoms with Gasteiger partial charge in [-0.1, -0.05) is 43.3 Å². The minimum atomic E-state index is -0.357. The second-order valence-electron chi connectivity index (χ2n) is 5.49. The number of carbonyl (C=O) groups is 2. The van der Waals surface area contributed by atoms with E-state index in [9.17, 15) is 9.59 Å². The number of allylic oxidation sites excluding steroid dienone is 3. The van der Waals surface area contributed by atoms with E-state index in [1.807, 2.05) is 37.3 Å². The van der Waals surface area contributed by atoms with Crippen molar-refractivity contribution in [2.24, 2.45) is 5.92 Å². The number of ketones is 1. The molecular weight excluding hydrogens is 264 g/mol. The molecule has 3 heteroatoms. The van der Waals surface area contributed by atoms with Gasteiger partial charge in [-0.05, 0) is 24.0 Å². The molecule has 0 saturated heterocycles. The van der Waals surface area contributed by atoms with E-state index in [1.54, 1.807) is 0 Å². The zero-order valence-corrected chi connectivity index (χ0v) is 12.6. The Hall–Kier alpha value is -2.16. The molecule has 0 spiro atoms. The van der Waals surface area contributed by atoms with Crippen LogP contribution in [0.1, 0.15) is 42.1 Å². The Kier molecular flexibility index (Phi) is 4.73. The van der Waals surface area contributed by atoms with Crippen molar-refractivity contribution in [3.05, 3.63) is 59.2 Å². The molecule has 0 fully saturated rings. The van der Waals surface area contributed by atoms with Crippen LogP contribution in [0, 0.1) is 5.92 Å². The Balaban J connectivity index is 2.27.